The van der Waals surface area contributed by atoms with Gasteiger partial charge in [0.25, 0.3) is 0 Å². The highest BCUT2D eigenvalue weighted by Gasteiger charge is 2.20. The SMILES string of the molecule is [CH2]CC(N)(CC)Cc1ccccc1. The Hall–Kier alpha value is -0.820. The van der Waals surface area contributed by atoms with Gasteiger partial charge in [0.1, 0.15) is 0 Å². The molecule has 71 valence electrons. The quantitative estimate of drug-likeness (QED) is 0.749. The molecule has 13 heavy (non-hydrogen) atoms. The Kier molecular flexibility index (Phi) is 3.49. The summed E-state index contributed by atoms with van der Waals surface area (Å²) in [6.07, 6.45) is 2.69. The zero-order chi connectivity index (χ0) is 9.73. The van der Waals surface area contributed by atoms with Crippen molar-refractivity contribution in [3.05, 3.63) is 42.8 Å². The third-order valence-corrected chi connectivity index (χ3v) is 2.60. The fourth-order valence-corrected chi connectivity index (χ4v) is 1.39. The maximum absolute atomic E-state index is 6.17. The van der Waals surface area contributed by atoms with Crippen molar-refractivity contribution >= 4 is 0 Å². The van der Waals surface area contributed by atoms with Crippen LogP contribution in [0.15, 0.2) is 30.3 Å². The monoisotopic (exact) mass is 176 g/mol. The highest BCUT2D eigenvalue weighted by atomic mass is 14.7. The van der Waals surface area contributed by atoms with E-state index < -0.39 is 0 Å². The lowest BCUT2D eigenvalue weighted by Crippen LogP contribution is -2.40. The average molecular weight is 176 g/mol. The summed E-state index contributed by atoms with van der Waals surface area (Å²) in [5.41, 5.74) is 7.34. The van der Waals surface area contributed by atoms with Gasteiger partial charge in [-0.1, -0.05) is 44.2 Å². The molecule has 1 heteroatoms. The summed E-state index contributed by atoms with van der Waals surface area (Å²) in [4.78, 5) is 0. The Balaban J connectivity index is 2.68. The fraction of sp³-hybridized carbons (Fsp3) is 0.417. The molecule has 0 fully saturated rings. The number of hydrogen-bond donors (Lipinski definition) is 1. The van der Waals surface area contributed by atoms with Gasteiger partial charge < -0.3 is 5.73 Å². The van der Waals surface area contributed by atoms with Crippen molar-refractivity contribution < 1.29 is 0 Å². The van der Waals surface area contributed by atoms with E-state index in [1.807, 2.05) is 6.07 Å². The smallest absolute Gasteiger partial charge is 0.0192 e. The maximum atomic E-state index is 6.17. The molecule has 1 aromatic rings. The van der Waals surface area contributed by atoms with Gasteiger partial charge in [-0.05, 0) is 24.8 Å². The number of nitrogens with two attached hydrogens (primary N) is 1. The van der Waals surface area contributed by atoms with Gasteiger partial charge in [0, 0.05) is 5.54 Å². The van der Waals surface area contributed by atoms with Gasteiger partial charge in [-0.2, -0.15) is 0 Å². The van der Waals surface area contributed by atoms with Crippen LogP contribution in [0.3, 0.4) is 0 Å². The fourth-order valence-electron chi connectivity index (χ4n) is 1.39. The predicted octanol–water partition coefficient (Wildman–Crippen LogP) is 2.56. The zero-order valence-corrected chi connectivity index (χ0v) is 8.29. The molecule has 1 rings (SSSR count). The van der Waals surface area contributed by atoms with E-state index in [1.54, 1.807) is 0 Å². The summed E-state index contributed by atoms with van der Waals surface area (Å²) in [5.74, 6) is 0. The van der Waals surface area contributed by atoms with Crippen molar-refractivity contribution in [3.8, 4) is 0 Å². The molecule has 0 saturated heterocycles. The first-order valence-electron chi connectivity index (χ1n) is 4.82. The van der Waals surface area contributed by atoms with Gasteiger partial charge in [-0.25, -0.2) is 0 Å². The normalized spacial score (nSPS) is 11.6. The third-order valence-electron chi connectivity index (χ3n) is 2.60. The summed E-state index contributed by atoms with van der Waals surface area (Å²) < 4.78 is 0. The molecule has 1 atom stereocenters. The van der Waals surface area contributed by atoms with Crippen LogP contribution in [0.1, 0.15) is 25.3 Å². The van der Waals surface area contributed by atoms with Crippen molar-refractivity contribution in [2.24, 2.45) is 5.73 Å². The average Bonchev–Trinajstić information content (AvgIpc) is 2.19. The summed E-state index contributed by atoms with van der Waals surface area (Å²) in [5, 5.41) is 0. The molecule has 1 nitrogen and oxygen atoms in total. The van der Waals surface area contributed by atoms with Crippen LogP contribution < -0.4 is 5.73 Å². The zero-order valence-electron chi connectivity index (χ0n) is 8.29. The first-order chi connectivity index (χ1) is 6.20. The van der Waals surface area contributed by atoms with Gasteiger partial charge in [-0.15, -0.1) is 0 Å². The Morgan fingerprint density at radius 2 is 1.92 bits per heavy atom. The van der Waals surface area contributed by atoms with Crippen molar-refractivity contribution in [1.82, 2.24) is 0 Å². The van der Waals surface area contributed by atoms with Gasteiger partial charge >= 0.3 is 0 Å². The second-order valence-electron chi connectivity index (χ2n) is 3.63. The molecule has 0 amide bonds. The van der Waals surface area contributed by atoms with Crippen LogP contribution in [-0.4, -0.2) is 5.54 Å². The summed E-state index contributed by atoms with van der Waals surface area (Å²) in [6, 6.07) is 10.4. The van der Waals surface area contributed by atoms with Gasteiger partial charge in [-0.3, -0.25) is 0 Å². The van der Waals surface area contributed by atoms with Crippen LogP contribution in [-0.2, 0) is 6.42 Å². The van der Waals surface area contributed by atoms with Crippen LogP contribution in [0, 0.1) is 6.92 Å². The molecular formula is C12H18N. The van der Waals surface area contributed by atoms with E-state index in [-0.39, 0.29) is 5.54 Å². The molecule has 0 aliphatic carbocycles. The third kappa shape index (κ3) is 2.85. The lowest BCUT2D eigenvalue weighted by molar-refractivity contribution is 0.410. The standard InChI is InChI=1S/C12H18N/c1-3-12(13,4-2)10-11-8-6-5-7-9-11/h5-9H,1,3-4,10,13H2,2H3. The summed E-state index contributed by atoms with van der Waals surface area (Å²) in [6.45, 7) is 6.02. The van der Waals surface area contributed by atoms with E-state index in [9.17, 15) is 0 Å². The van der Waals surface area contributed by atoms with Crippen LogP contribution in [0.5, 0.6) is 0 Å². The predicted molar refractivity (Wildman–Crippen MR) is 57.3 cm³/mol. The molecule has 0 aliphatic rings. The van der Waals surface area contributed by atoms with E-state index in [2.05, 4.69) is 38.1 Å². The minimum Gasteiger partial charge on any atom is -0.325 e. The minimum atomic E-state index is -0.124. The molecule has 1 unspecified atom stereocenters. The van der Waals surface area contributed by atoms with Crippen LogP contribution >= 0.6 is 0 Å². The van der Waals surface area contributed by atoms with Crippen molar-refractivity contribution in [2.45, 2.75) is 31.7 Å². The molecule has 2 N–H and O–H groups in total. The molecule has 0 saturated carbocycles. The molecule has 0 aliphatic heterocycles. The van der Waals surface area contributed by atoms with Gasteiger partial charge in [0.15, 0.2) is 0 Å². The Morgan fingerprint density at radius 1 is 1.31 bits per heavy atom. The summed E-state index contributed by atoms with van der Waals surface area (Å²) >= 11 is 0. The van der Waals surface area contributed by atoms with Crippen molar-refractivity contribution in [3.63, 3.8) is 0 Å². The molecule has 0 spiro atoms. The molecule has 1 aromatic carbocycles. The van der Waals surface area contributed by atoms with E-state index in [0.717, 1.165) is 19.3 Å². The van der Waals surface area contributed by atoms with Crippen molar-refractivity contribution in [1.29, 1.82) is 0 Å². The van der Waals surface area contributed by atoms with Crippen LogP contribution in [0.4, 0.5) is 0 Å². The Bertz CT molecular complexity index is 237. The molecule has 0 heterocycles. The topological polar surface area (TPSA) is 26.0 Å². The molecule has 1 radical (unpaired) electrons. The second-order valence-corrected chi connectivity index (χ2v) is 3.63. The van der Waals surface area contributed by atoms with Gasteiger partial charge in [0.05, 0.1) is 0 Å². The van der Waals surface area contributed by atoms with E-state index in [0.29, 0.717) is 0 Å². The number of rotatable bonds is 4. The first-order valence-corrected chi connectivity index (χ1v) is 4.82. The lowest BCUT2D eigenvalue weighted by atomic mass is 9.87. The Morgan fingerprint density at radius 3 is 2.38 bits per heavy atom. The van der Waals surface area contributed by atoms with E-state index >= 15 is 0 Å². The van der Waals surface area contributed by atoms with E-state index in [1.165, 1.54) is 5.56 Å². The van der Waals surface area contributed by atoms with Crippen molar-refractivity contribution in [2.75, 3.05) is 0 Å². The number of hydrogen-bond acceptors (Lipinski definition) is 1. The lowest BCUT2D eigenvalue weighted by Gasteiger charge is -2.26. The largest absolute Gasteiger partial charge is 0.325 e. The Labute approximate surface area is 81.0 Å². The maximum Gasteiger partial charge on any atom is 0.0192 e. The minimum absolute atomic E-state index is 0.124. The van der Waals surface area contributed by atoms with Crippen LogP contribution in [0.25, 0.3) is 0 Å². The summed E-state index contributed by atoms with van der Waals surface area (Å²) in [7, 11) is 0. The number of benzene rings is 1. The molecular weight excluding hydrogens is 158 g/mol. The van der Waals surface area contributed by atoms with E-state index in [4.69, 9.17) is 5.73 Å². The molecule has 0 aromatic heterocycles. The second kappa shape index (κ2) is 4.43. The first kappa shape index (κ1) is 10.3. The van der Waals surface area contributed by atoms with Gasteiger partial charge in [0.2, 0.25) is 0 Å². The highest BCUT2D eigenvalue weighted by molar-refractivity contribution is 5.17. The molecule has 0 bridgehead atoms. The van der Waals surface area contributed by atoms with Crippen LogP contribution in [0.2, 0.25) is 0 Å². The highest BCUT2D eigenvalue weighted by Crippen LogP contribution is 2.17.